The van der Waals surface area contributed by atoms with Crippen LogP contribution >= 0.6 is 11.6 Å². The quantitative estimate of drug-likeness (QED) is 0.783. The number of ether oxygens (including phenoxy) is 1. The highest BCUT2D eigenvalue weighted by atomic mass is 35.5. The third kappa shape index (κ3) is 4.45. The minimum absolute atomic E-state index is 0.115. The van der Waals surface area contributed by atoms with E-state index in [4.69, 9.17) is 16.3 Å². The number of halogens is 1. The summed E-state index contributed by atoms with van der Waals surface area (Å²) < 4.78 is 5.55. The van der Waals surface area contributed by atoms with Crippen molar-refractivity contribution in [3.05, 3.63) is 34.9 Å². The van der Waals surface area contributed by atoms with Crippen LogP contribution in [0.2, 0.25) is 5.02 Å². The van der Waals surface area contributed by atoms with Gasteiger partial charge in [-0.2, -0.15) is 0 Å². The predicted molar refractivity (Wildman–Crippen MR) is 85.8 cm³/mol. The predicted octanol–water partition coefficient (Wildman–Crippen LogP) is 4.15. The van der Waals surface area contributed by atoms with Crippen molar-refractivity contribution >= 4 is 17.6 Å². The second kappa shape index (κ2) is 7.28. The second-order valence-corrected chi connectivity index (χ2v) is 6.48. The van der Waals surface area contributed by atoms with E-state index in [1.807, 2.05) is 6.92 Å². The molecule has 1 aliphatic heterocycles. The first-order chi connectivity index (χ1) is 9.97. The summed E-state index contributed by atoms with van der Waals surface area (Å²) in [5, 5.41) is 0.621. The fourth-order valence-corrected chi connectivity index (χ4v) is 3.13. The molecule has 1 aromatic carbocycles. The molecule has 1 saturated heterocycles. The Morgan fingerprint density at radius 2 is 1.86 bits per heavy atom. The van der Waals surface area contributed by atoms with Crippen LogP contribution in [-0.4, -0.2) is 35.6 Å². The highest BCUT2D eigenvalue weighted by Crippen LogP contribution is 2.23. The zero-order chi connectivity index (χ0) is 15.4. The molecule has 0 bridgehead atoms. The molecule has 1 fully saturated rings. The van der Waals surface area contributed by atoms with E-state index in [9.17, 15) is 4.79 Å². The number of esters is 1. The van der Waals surface area contributed by atoms with Crippen LogP contribution in [0.5, 0.6) is 0 Å². The van der Waals surface area contributed by atoms with Gasteiger partial charge in [-0.15, -0.1) is 0 Å². The SMILES string of the molecule is C[C@H](CN1[C@@H](C)CCC[C@@H]1C)OC(=O)c1ccc(Cl)cc1. The number of benzene rings is 1. The number of rotatable bonds is 4. The van der Waals surface area contributed by atoms with Gasteiger partial charge in [0, 0.05) is 23.7 Å². The maximum atomic E-state index is 12.1. The van der Waals surface area contributed by atoms with Crippen LogP contribution in [0.15, 0.2) is 24.3 Å². The number of carbonyl (C=O) groups is 1. The second-order valence-electron chi connectivity index (χ2n) is 6.05. The van der Waals surface area contributed by atoms with E-state index >= 15 is 0 Å². The van der Waals surface area contributed by atoms with Crippen molar-refractivity contribution in [3.8, 4) is 0 Å². The Bertz CT molecular complexity index is 464. The average molecular weight is 310 g/mol. The number of piperidine rings is 1. The first-order valence-electron chi connectivity index (χ1n) is 7.69. The summed E-state index contributed by atoms with van der Waals surface area (Å²) in [5.74, 6) is -0.281. The van der Waals surface area contributed by atoms with Gasteiger partial charge in [-0.1, -0.05) is 18.0 Å². The van der Waals surface area contributed by atoms with Gasteiger partial charge in [0.05, 0.1) is 5.56 Å². The summed E-state index contributed by atoms with van der Waals surface area (Å²) in [7, 11) is 0. The normalized spacial score (nSPS) is 24.6. The van der Waals surface area contributed by atoms with E-state index in [0.29, 0.717) is 22.7 Å². The van der Waals surface area contributed by atoms with Crippen LogP contribution in [0, 0.1) is 0 Å². The Kier molecular flexibility index (Phi) is 5.65. The Labute approximate surface area is 132 Å². The van der Waals surface area contributed by atoms with E-state index in [0.717, 1.165) is 6.54 Å². The van der Waals surface area contributed by atoms with Crippen LogP contribution in [0.25, 0.3) is 0 Å². The maximum Gasteiger partial charge on any atom is 0.338 e. The maximum absolute atomic E-state index is 12.1. The van der Waals surface area contributed by atoms with Gasteiger partial charge in [0.1, 0.15) is 6.10 Å². The van der Waals surface area contributed by atoms with E-state index in [1.165, 1.54) is 19.3 Å². The molecule has 0 unspecified atom stereocenters. The Hall–Kier alpha value is -1.06. The standard InChI is InChI=1S/C17H24ClNO2/c1-12-5-4-6-13(2)19(12)11-14(3)21-17(20)15-7-9-16(18)10-8-15/h7-10,12-14H,4-6,11H2,1-3H3/t12-,13-,14+/m0/s1. The summed E-state index contributed by atoms with van der Waals surface area (Å²) in [6.45, 7) is 7.26. The topological polar surface area (TPSA) is 29.5 Å². The van der Waals surface area contributed by atoms with Crippen molar-refractivity contribution in [1.29, 1.82) is 0 Å². The summed E-state index contributed by atoms with van der Waals surface area (Å²) in [4.78, 5) is 14.5. The van der Waals surface area contributed by atoms with Crippen LogP contribution in [0.1, 0.15) is 50.4 Å². The Morgan fingerprint density at radius 1 is 1.29 bits per heavy atom. The summed E-state index contributed by atoms with van der Waals surface area (Å²) in [6.07, 6.45) is 3.62. The van der Waals surface area contributed by atoms with Gasteiger partial charge in [0.25, 0.3) is 0 Å². The Balaban J connectivity index is 1.90. The first kappa shape index (κ1) is 16.3. The molecular weight excluding hydrogens is 286 g/mol. The number of hydrogen-bond donors (Lipinski definition) is 0. The van der Waals surface area contributed by atoms with E-state index in [-0.39, 0.29) is 12.1 Å². The molecule has 0 radical (unpaired) electrons. The van der Waals surface area contributed by atoms with Gasteiger partial charge in [-0.05, 0) is 57.9 Å². The largest absolute Gasteiger partial charge is 0.458 e. The average Bonchev–Trinajstić information content (AvgIpc) is 2.43. The van der Waals surface area contributed by atoms with Crippen molar-refractivity contribution in [2.45, 2.75) is 58.2 Å². The smallest absolute Gasteiger partial charge is 0.338 e. The summed E-state index contributed by atoms with van der Waals surface area (Å²) in [5.41, 5.74) is 0.547. The molecule has 1 aromatic rings. The summed E-state index contributed by atoms with van der Waals surface area (Å²) >= 11 is 5.82. The zero-order valence-electron chi connectivity index (χ0n) is 13.0. The molecule has 1 heterocycles. The van der Waals surface area contributed by atoms with E-state index in [2.05, 4.69) is 18.7 Å². The van der Waals surface area contributed by atoms with Crippen LogP contribution in [-0.2, 0) is 4.74 Å². The van der Waals surface area contributed by atoms with Gasteiger partial charge in [-0.25, -0.2) is 4.79 Å². The lowest BCUT2D eigenvalue weighted by Crippen LogP contribution is -2.47. The minimum atomic E-state index is -0.281. The third-order valence-corrected chi connectivity index (χ3v) is 4.48. The fraction of sp³-hybridized carbons (Fsp3) is 0.588. The molecule has 3 nitrogen and oxygen atoms in total. The van der Waals surface area contributed by atoms with Gasteiger partial charge in [0.15, 0.2) is 0 Å². The molecule has 0 aliphatic carbocycles. The molecule has 4 heteroatoms. The molecule has 0 spiro atoms. The van der Waals surface area contributed by atoms with Crippen molar-refractivity contribution in [1.82, 2.24) is 4.90 Å². The highest BCUT2D eigenvalue weighted by molar-refractivity contribution is 6.30. The summed E-state index contributed by atoms with van der Waals surface area (Å²) in [6, 6.07) is 7.93. The third-order valence-electron chi connectivity index (χ3n) is 4.23. The number of nitrogens with zero attached hydrogens (tertiary/aromatic N) is 1. The molecule has 0 amide bonds. The van der Waals surface area contributed by atoms with E-state index < -0.39 is 0 Å². The molecule has 0 saturated carbocycles. The molecule has 2 rings (SSSR count). The van der Waals surface area contributed by atoms with Crippen LogP contribution in [0.4, 0.5) is 0 Å². The first-order valence-corrected chi connectivity index (χ1v) is 8.07. The molecule has 0 aromatic heterocycles. The van der Waals surface area contributed by atoms with Crippen molar-refractivity contribution in [2.24, 2.45) is 0 Å². The molecule has 3 atom stereocenters. The number of carbonyl (C=O) groups excluding carboxylic acids is 1. The van der Waals surface area contributed by atoms with Gasteiger partial charge < -0.3 is 4.74 Å². The molecule has 21 heavy (non-hydrogen) atoms. The van der Waals surface area contributed by atoms with Crippen molar-refractivity contribution in [2.75, 3.05) is 6.54 Å². The number of hydrogen-bond acceptors (Lipinski definition) is 3. The molecular formula is C17H24ClNO2. The number of likely N-dealkylation sites (tertiary alicyclic amines) is 1. The highest BCUT2D eigenvalue weighted by Gasteiger charge is 2.26. The lowest BCUT2D eigenvalue weighted by atomic mass is 9.97. The van der Waals surface area contributed by atoms with Crippen LogP contribution in [0.3, 0.4) is 0 Å². The van der Waals surface area contributed by atoms with Crippen molar-refractivity contribution < 1.29 is 9.53 Å². The van der Waals surface area contributed by atoms with Crippen molar-refractivity contribution in [3.63, 3.8) is 0 Å². The van der Waals surface area contributed by atoms with Crippen LogP contribution < -0.4 is 0 Å². The van der Waals surface area contributed by atoms with Gasteiger partial charge >= 0.3 is 5.97 Å². The Morgan fingerprint density at radius 3 is 2.43 bits per heavy atom. The lowest BCUT2D eigenvalue weighted by molar-refractivity contribution is 0.00812. The van der Waals surface area contributed by atoms with Gasteiger partial charge in [0.2, 0.25) is 0 Å². The lowest BCUT2D eigenvalue weighted by Gasteiger charge is -2.40. The minimum Gasteiger partial charge on any atom is -0.458 e. The van der Waals surface area contributed by atoms with E-state index in [1.54, 1.807) is 24.3 Å². The fourth-order valence-electron chi connectivity index (χ4n) is 3.01. The molecule has 116 valence electrons. The van der Waals surface area contributed by atoms with Gasteiger partial charge in [-0.3, -0.25) is 4.90 Å². The zero-order valence-corrected chi connectivity index (χ0v) is 13.8. The molecule has 0 N–H and O–H groups in total. The monoisotopic (exact) mass is 309 g/mol. The molecule has 1 aliphatic rings.